The van der Waals surface area contributed by atoms with E-state index < -0.39 is 5.91 Å². The molecule has 3 aromatic rings. The fraction of sp³-hybridized carbons (Fsp3) is 0. The number of azide groups is 1. The summed E-state index contributed by atoms with van der Waals surface area (Å²) in [5.74, 6) is -0.929. The lowest BCUT2D eigenvalue weighted by Gasteiger charge is -2.00. The summed E-state index contributed by atoms with van der Waals surface area (Å²) in [5, 5.41) is 16.8. The summed E-state index contributed by atoms with van der Waals surface area (Å²) in [6.07, 6.45) is 3.10. The van der Waals surface area contributed by atoms with Crippen LogP contribution in [0.2, 0.25) is 0 Å². The van der Waals surface area contributed by atoms with Crippen molar-refractivity contribution in [1.82, 2.24) is 9.78 Å². The summed E-state index contributed by atoms with van der Waals surface area (Å²) in [6.45, 7) is 0. The number of carbonyl (C=O) groups excluding carboxylic acids is 1. The fourth-order valence-corrected chi connectivity index (χ4v) is 2.42. The Bertz CT molecular complexity index is 1050. The minimum atomic E-state index is -0.929. The second-order valence-corrected chi connectivity index (χ2v) is 5.24. The van der Waals surface area contributed by atoms with Crippen molar-refractivity contribution in [3.63, 3.8) is 0 Å². The summed E-state index contributed by atoms with van der Waals surface area (Å²) >= 11 is 0. The second kappa shape index (κ2) is 7.62. The number of nitriles is 1. The summed E-state index contributed by atoms with van der Waals surface area (Å²) in [7, 11) is 0. The van der Waals surface area contributed by atoms with E-state index in [9.17, 15) is 10.1 Å². The molecule has 124 valence electrons. The molecule has 1 aromatic heterocycles. The minimum absolute atomic E-state index is 0.257. The lowest BCUT2D eigenvalue weighted by atomic mass is 10.1. The largest absolute Gasteiger partial charge is 0.286 e. The molecule has 1 heterocycles. The van der Waals surface area contributed by atoms with Crippen molar-refractivity contribution in [3.8, 4) is 23.0 Å². The number of para-hydroxylation sites is 1. The van der Waals surface area contributed by atoms with Gasteiger partial charge in [0.2, 0.25) is 0 Å². The molecule has 7 heteroatoms. The third-order valence-corrected chi connectivity index (χ3v) is 3.60. The van der Waals surface area contributed by atoms with E-state index in [0.717, 1.165) is 11.3 Å². The number of aromatic nitrogens is 2. The van der Waals surface area contributed by atoms with Crippen LogP contribution in [-0.4, -0.2) is 15.7 Å². The topological polar surface area (TPSA) is 107 Å². The summed E-state index contributed by atoms with van der Waals surface area (Å²) in [5.41, 5.74) is 11.0. The van der Waals surface area contributed by atoms with Gasteiger partial charge in [0.1, 0.15) is 11.6 Å². The Morgan fingerprint density at radius 3 is 2.42 bits per heavy atom. The monoisotopic (exact) mass is 340 g/mol. The van der Waals surface area contributed by atoms with Gasteiger partial charge in [-0.1, -0.05) is 48.5 Å². The van der Waals surface area contributed by atoms with Crippen LogP contribution in [0.4, 0.5) is 0 Å². The predicted octanol–water partition coefficient (Wildman–Crippen LogP) is 4.28. The first-order valence-corrected chi connectivity index (χ1v) is 7.64. The third kappa shape index (κ3) is 3.51. The van der Waals surface area contributed by atoms with Crippen LogP contribution in [0.3, 0.4) is 0 Å². The average Bonchev–Trinajstić information content (AvgIpc) is 3.11. The van der Waals surface area contributed by atoms with Gasteiger partial charge >= 0.3 is 0 Å². The van der Waals surface area contributed by atoms with E-state index in [2.05, 4.69) is 15.1 Å². The number of hydrogen-bond acceptors (Lipinski definition) is 3. The molecule has 0 spiro atoms. The van der Waals surface area contributed by atoms with Crippen molar-refractivity contribution >= 4 is 12.0 Å². The SMILES string of the molecule is N#CC(=Cc1cn(-c2ccccc2)nc1-c1ccccc1)C(=O)N=[N+]=[N-]. The zero-order valence-electron chi connectivity index (χ0n) is 13.5. The van der Waals surface area contributed by atoms with Gasteiger partial charge in [-0.2, -0.15) is 10.4 Å². The number of amides is 1. The van der Waals surface area contributed by atoms with Crippen LogP contribution < -0.4 is 0 Å². The van der Waals surface area contributed by atoms with E-state index >= 15 is 0 Å². The summed E-state index contributed by atoms with van der Waals surface area (Å²) < 4.78 is 1.67. The Balaban J connectivity index is 2.17. The van der Waals surface area contributed by atoms with E-state index in [4.69, 9.17) is 5.53 Å². The normalized spacial score (nSPS) is 10.7. The molecular weight excluding hydrogens is 328 g/mol. The van der Waals surface area contributed by atoms with Gasteiger partial charge < -0.3 is 0 Å². The van der Waals surface area contributed by atoms with Crippen LogP contribution in [0.25, 0.3) is 33.5 Å². The van der Waals surface area contributed by atoms with Gasteiger partial charge in [-0.05, 0) is 28.9 Å². The molecule has 0 saturated heterocycles. The standard InChI is InChI=1S/C19H12N6O/c20-12-15(19(26)22-24-21)11-16-13-25(17-9-5-2-6-10-17)23-18(16)14-7-3-1-4-8-14/h1-11,13H. The fourth-order valence-electron chi connectivity index (χ4n) is 2.42. The van der Waals surface area contributed by atoms with Crippen LogP contribution in [-0.2, 0) is 4.79 Å². The maximum Gasteiger partial charge on any atom is 0.259 e. The minimum Gasteiger partial charge on any atom is -0.286 e. The maximum atomic E-state index is 11.8. The Labute approximate surface area is 149 Å². The molecule has 0 radical (unpaired) electrons. The van der Waals surface area contributed by atoms with Crippen molar-refractivity contribution in [2.45, 2.75) is 0 Å². The molecule has 0 N–H and O–H groups in total. The molecule has 0 saturated carbocycles. The molecule has 0 aliphatic heterocycles. The quantitative estimate of drug-likeness (QED) is 0.232. The zero-order chi connectivity index (χ0) is 18.4. The molecule has 0 bridgehead atoms. The third-order valence-electron chi connectivity index (χ3n) is 3.60. The van der Waals surface area contributed by atoms with Crippen molar-refractivity contribution in [2.24, 2.45) is 5.11 Å². The number of carbonyl (C=O) groups is 1. The van der Waals surface area contributed by atoms with Crippen molar-refractivity contribution in [3.05, 3.63) is 88.4 Å². The van der Waals surface area contributed by atoms with Crippen LogP contribution in [0, 0.1) is 11.3 Å². The molecule has 0 aliphatic carbocycles. The first kappa shape index (κ1) is 16.7. The Morgan fingerprint density at radius 2 is 1.81 bits per heavy atom. The Morgan fingerprint density at radius 1 is 1.15 bits per heavy atom. The van der Waals surface area contributed by atoms with Crippen molar-refractivity contribution in [1.29, 1.82) is 5.26 Å². The summed E-state index contributed by atoms with van der Waals surface area (Å²) in [6, 6.07) is 20.7. The van der Waals surface area contributed by atoms with Gasteiger partial charge in [-0.3, -0.25) is 4.79 Å². The van der Waals surface area contributed by atoms with E-state index in [0.29, 0.717) is 11.3 Å². The van der Waals surface area contributed by atoms with Gasteiger partial charge in [-0.15, -0.1) is 0 Å². The van der Waals surface area contributed by atoms with Gasteiger partial charge in [-0.25, -0.2) is 4.68 Å². The van der Waals surface area contributed by atoms with E-state index in [-0.39, 0.29) is 5.57 Å². The lowest BCUT2D eigenvalue weighted by Crippen LogP contribution is -1.94. The highest BCUT2D eigenvalue weighted by Crippen LogP contribution is 2.25. The first-order chi connectivity index (χ1) is 12.7. The Kier molecular flexibility index (Phi) is 4.90. The molecular formula is C19H12N6O. The predicted molar refractivity (Wildman–Crippen MR) is 96.7 cm³/mol. The number of hydrogen-bond donors (Lipinski definition) is 0. The highest BCUT2D eigenvalue weighted by atomic mass is 16.1. The molecule has 2 aromatic carbocycles. The smallest absolute Gasteiger partial charge is 0.259 e. The van der Waals surface area contributed by atoms with E-state index in [1.165, 1.54) is 6.08 Å². The molecule has 1 amide bonds. The molecule has 3 rings (SSSR count). The number of rotatable bonds is 4. The highest BCUT2D eigenvalue weighted by molar-refractivity contribution is 6.02. The number of nitrogens with zero attached hydrogens (tertiary/aromatic N) is 6. The Hall–Kier alpha value is -4.14. The molecule has 0 aliphatic rings. The molecule has 0 fully saturated rings. The van der Waals surface area contributed by atoms with Gasteiger partial charge in [0, 0.05) is 22.2 Å². The van der Waals surface area contributed by atoms with Gasteiger partial charge in [0.15, 0.2) is 0 Å². The molecule has 0 unspecified atom stereocenters. The van der Waals surface area contributed by atoms with E-state index in [1.54, 1.807) is 16.9 Å². The van der Waals surface area contributed by atoms with Gasteiger partial charge in [0.25, 0.3) is 5.91 Å². The average molecular weight is 340 g/mol. The van der Waals surface area contributed by atoms with E-state index in [1.807, 2.05) is 60.7 Å². The molecule has 7 nitrogen and oxygen atoms in total. The van der Waals surface area contributed by atoms with Gasteiger partial charge in [0.05, 0.1) is 11.4 Å². The van der Waals surface area contributed by atoms with Crippen LogP contribution in [0.5, 0.6) is 0 Å². The molecule has 26 heavy (non-hydrogen) atoms. The second-order valence-electron chi connectivity index (χ2n) is 5.24. The molecule has 0 atom stereocenters. The van der Waals surface area contributed by atoms with Crippen LogP contribution >= 0.6 is 0 Å². The zero-order valence-corrected chi connectivity index (χ0v) is 13.5. The lowest BCUT2D eigenvalue weighted by molar-refractivity contribution is -0.114. The highest BCUT2D eigenvalue weighted by Gasteiger charge is 2.14. The van der Waals surface area contributed by atoms with Crippen LogP contribution in [0.1, 0.15) is 5.56 Å². The first-order valence-electron chi connectivity index (χ1n) is 7.64. The maximum absolute atomic E-state index is 11.8. The van der Waals surface area contributed by atoms with Crippen molar-refractivity contribution < 1.29 is 4.79 Å². The van der Waals surface area contributed by atoms with Crippen LogP contribution in [0.15, 0.2) is 77.5 Å². The number of benzene rings is 2. The summed E-state index contributed by atoms with van der Waals surface area (Å²) in [4.78, 5) is 14.2. The van der Waals surface area contributed by atoms with Crippen molar-refractivity contribution in [2.75, 3.05) is 0 Å².